The minimum absolute atomic E-state index is 0.165. The SMILES string of the molecule is CC(=O)[C@H]1CC[C@H]2[C@@H]3CC[C@H]4C[C@](O)(C(F)F)CC[C@@H]4[C@H]3CC[C@]12C. The van der Waals surface area contributed by atoms with E-state index in [1.54, 1.807) is 6.92 Å². The Morgan fingerprint density at radius 3 is 2.40 bits per heavy atom. The van der Waals surface area contributed by atoms with Crippen molar-refractivity contribution in [2.24, 2.45) is 40.9 Å². The summed E-state index contributed by atoms with van der Waals surface area (Å²) in [5.41, 5.74) is -1.58. The molecule has 8 atom stereocenters. The molecular weight excluding hydrogens is 322 g/mol. The van der Waals surface area contributed by atoms with E-state index < -0.39 is 12.0 Å². The lowest BCUT2D eigenvalue weighted by Crippen LogP contribution is -2.52. The molecule has 0 unspecified atom stereocenters. The molecule has 0 radical (unpaired) electrons. The maximum atomic E-state index is 13.3. The van der Waals surface area contributed by atoms with Gasteiger partial charge in [-0.05, 0) is 99.7 Å². The maximum absolute atomic E-state index is 13.3. The fourth-order valence-corrected chi connectivity index (χ4v) is 7.78. The van der Waals surface area contributed by atoms with Gasteiger partial charge in [-0.25, -0.2) is 8.78 Å². The van der Waals surface area contributed by atoms with Gasteiger partial charge >= 0.3 is 0 Å². The summed E-state index contributed by atoms with van der Waals surface area (Å²) in [6.07, 6.45) is 5.25. The smallest absolute Gasteiger partial charge is 0.266 e. The quantitative estimate of drug-likeness (QED) is 0.770. The second-order valence-electron chi connectivity index (χ2n) is 9.87. The van der Waals surface area contributed by atoms with E-state index in [2.05, 4.69) is 6.92 Å². The molecule has 0 heterocycles. The normalized spacial score (nSPS) is 52.4. The maximum Gasteiger partial charge on any atom is 0.266 e. The zero-order valence-electron chi connectivity index (χ0n) is 15.5. The molecule has 0 bridgehead atoms. The molecule has 0 aromatic rings. The number of fused-ring (bicyclic) bond motifs is 5. The predicted octanol–water partition coefficient (Wildman–Crippen LogP) is 4.84. The molecule has 4 fully saturated rings. The van der Waals surface area contributed by atoms with Crippen LogP contribution in [0.3, 0.4) is 0 Å². The third-order valence-electron chi connectivity index (χ3n) is 8.94. The summed E-state index contributed by atoms with van der Waals surface area (Å²) in [6.45, 7) is 4.10. The molecular formula is C21H32F2O2. The van der Waals surface area contributed by atoms with Crippen LogP contribution >= 0.6 is 0 Å². The van der Waals surface area contributed by atoms with Crippen molar-refractivity contribution in [3.05, 3.63) is 0 Å². The van der Waals surface area contributed by atoms with Crippen LogP contribution in [0, 0.1) is 40.9 Å². The van der Waals surface area contributed by atoms with Crippen LogP contribution in [0.1, 0.15) is 71.6 Å². The van der Waals surface area contributed by atoms with Gasteiger partial charge in [-0.3, -0.25) is 4.79 Å². The standard InChI is InChI=1S/C21H32F2O2/c1-12(24)17-5-6-18-16-4-3-13-11-21(25,19(22)23)10-8-14(13)15(16)7-9-20(17,18)2/h13-19,25H,3-11H2,1-2H3/t13-,14-,15+,16+,17+,18-,20+,21-/m0/s1. The molecule has 0 aliphatic heterocycles. The second-order valence-corrected chi connectivity index (χ2v) is 9.87. The topological polar surface area (TPSA) is 37.3 Å². The van der Waals surface area contributed by atoms with Crippen LogP contribution in [0.15, 0.2) is 0 Å². The fourth-order valence-electron chi connectivity index (χ4n) is 7.78. The van der Waals surface area contributed by atoms with Gasteiger partial charge in [0.2, 0.25) is 0 Å². The van der Waals surface area contributed by atoms with Gasteiger partial charge in [0.05, 0.1) is 0 Å². The number of halogens is 2. The van der Waals surface area contributed by atoms with E-state index in [1.165, 1.54) is 6.42 Å². The Morgan fingerprint density at radius 2 is 1.72 bits per heavy atom. The summed E-state index contributed by atoms with van der Waals surface area (Å²) in [5, 5.41) is 10.3. The highest BCUT2D eigenvalue weighted by atomic mass is 19.3. The first-order chi connectivity index (χ1) is 11.8. The summed E-state index contributed by atoms with van der Waals surface area (Å²) in [7, 11) is 0. The number of Topliss-reactive ketones (excluding diaryl/α,β-unsaturated/α-hetero) is 1. The molecule has 25 heavy (non-hydrogen) atoms. The number of rotatable bonds is 2. The van der Waals surface area contributed by atoms with Crippen molar-refractivity contribution in [3.63, 3.8) is 0 Å². The van der Waals surface area contributed by atoms with E-state index in [4.69, 9.17) is 0 Å². The molecule has 4 aliphatic rings. The molecule has 4 aliphatic carbocycles. The average molecular weight is 354 g/mol. The summed E-state index contributed by atoms with van der Waals surface area (Å²) in [4.78, 5) is 12.1. The first-order valence-electron chi connectivity index (χ1n) is 10.3. The number of carbonyl (C=O) groups excluding carboxylic acids is 1. The molecule has 0 aromatic heterocycles. The molecule has 4 rings (SSSR count). The van der Waals surface area contributed by atoms with E-state index >= 15 is 0 Å². The molecule has 142 valence electrons. The lowest BCUT2D eigenvalue weighted by atomic mass is 9.49. The molecule has 0 aromatic carbocycles. The first kappa shape index (κ1) is 17.9. The highest BCUT2D eigenvalue weighted by Crippen LogP contribution is 2.64. The van der Waals surface area contributed by atoms with Crippen molar-refractivity contribution in [1.29, 1.82) is 0 Å². The van der Waals surface area contributed by atoms with Crippen molar-refractivity contribution < 1.29 is 18.7 Å². The van der Waals surface area contributed by atoms with Crippen molar-refractivity contribution in [3.8, 4) is 0 Å². The van der Waals surface area contributed by atoms with Crippen LogP contribution in [-0.4, -0.2) is 22.9 Å². The summed E-state index contributed by atoms with van der Waals surface area (Å²) >= 11 is 0. The molecule has 4 heteroatoms. The number of alkyl halides is 2. The van der Waals surface area contributed by atoms with Gasteiger partial charge in [0.15, 0.2) is 0 Å². The van der Waals surface area contributed by atoms with E-state index in [1.807, 2.05) is 0 Å². The molecule has 1 N–H and O–H groups in total. The Kier molecular flexibility index (Phi) is 4.29. The van der Waals surface area contributed by atoms with Gasteiger partial charge in [0.1, 0.15) is 11.4 Å². The van der Waals surface area contributed by atoms with Crippen LogP contribution < -0.4 is 0 Å². The van der Waals surface area contributed by atoms with Gasteiger partial charge in [0, 0.05) is 5.92 Å². The summed E-state index contributed by atoms with van der Waals surface area (Å²) in [5.74, 6) is 3.30. The monoisotopic (exact) mass is 354 g/mol. The Balaban J connectivity index is 1.53. The van der Waals surface area contributed by atoms with Crippen LogP contribution in [-0.2, 0) is 4.79 Å². The number of aliphatic hydroxyl groups is 1. The fraction of sp³-hybridized carbons (Fsp3) is 0.952. The van der Waals surface area contributed by atoms with Crippen LogP contribution in [0.4, 0.5) is 8.78 Å². The van der Waals surface area contributed by atoms with Crippen molar-refractivity contribution in [2.75, 3.05) is 0 Å². The highest BCUT2D eigenvalue weighted by Gasteiger charge is 2.59. The van der Waals surface area contributed by atoms with Crippen molar-refractivity contribution in [2.45, 2.75) is 83.7 Å². The van der Waals surface area contributed by atoms with Crippen LogP contribution in [0.2, 0.25) is 0 Å². The lowest BCUT2D eigenvalue weighted by molar-refractivity contribution is -0.160. The van der Waals surface area contributed by atoms with E-state index in [9.17, 15) is 18.7 Å². The Hall–Kier alpha value is -0.510. The molecule has 2 nitrogen and oxygen atoms in total. The third-order valence-corrected chi connectivity index (χ3v) is 8.94. The summed E-state index contributed by atoms with van der Waals surface area (Å²) < 4.78 is 26.5. The van der Waals surface area contributed by atoms with Crippen molar-refractivity contribution >= 4 is 5.78 Å². The number of hydrogen-bond acceptors (Lipinski definition) is 2. The zero-order chi connectivity index (χ0) is 18.0. The number of ketones is 1. The molecule has 0 amide bonds. The second kappa shape index (κ2) is 6.00. The first-order valence-corrected chi connectivity index (χ1v) is 10.3. The number of hydrogen-bond donors (Lipinski definition) is 1. The third kappa shape index (κ3) is 2.61. The Labute approximate surface area is 149 Å². The molecule has 4 saturated carbocycles. The van der Waals surface area contributed by atoms with E-state index in [0.717, 1.165) is 38.5 Å². The van der Waals surface area contributed by atoms with Gasteiger partial charge in [-0.2, -0.15) is 0 Å². The Bertz CT molecular complexity index is 550. The minimum atomic E-state index is -2.62. The van der Waals surface area contributed by atoms with Gasteiger partial charge in [-0.15, -0.1) is 0 Å². The molecule has 0 saturated heterocycles. The van der Waals surface area contributed by atoms with Gasteiger partial charge < -0.3 is 5.11 Å². The molecule has 0 spiro atoms. The van der Waals surface area contributed by atoms with Crippen molar-refractivity contribution in [1.82, 2.24) is 0 Å². The van der Waals surface area contributed by atoms with Gasteiger partial charge in [-0.1, -0.05) is 6.92 Å². The highest BCUT2D eigenvalue weighted by molar-refractivity contribution is 5.79. The minimum Gasteiger partial charge on any atom is -0.384 e. The lowest BCUT2D eigenvalue weighted by Gasteiger charge is -2.57. The van der Waals surface area contributed by atoms with Gasteiger partial charge in [0.25, 0.3) is 6.43 Å². The summed E-state index contributed by atoms with van der Waals surface area (Å²) in [6, 6.07) is 0. The largest absolute Gasteiger partial charge is 0.384 e. The predicted molar refractivity (Wildman–Crippen MR) is 92.2 cm³/mol. The van der Waals surface area contributed by atoms with E-state index in [-0.39, 0.29) is 30.1 Å². The zero-order valence-corrected chi connectivity index (χ0v) is 15.5. The van der Waals surface area contributed by atoms with Crippen LogP contribution in [0.25, 0.3) is 0 Å². The van der Waals surface area contributed by atoms with Crippen LogP contribution in [0.5, 0.6) is 0 Å². The average Bonchev–Trinajstić information content (AvgIpc) is 2.91. The number of carbonyl (C=O) groups is 1. The van der Waals surface area contributed by atoms with E-state index in [0.29, 0.717) is 29.5 Å². The Morgan fingerprint density at radius 1 is 1.00 bits per heavy atom.